The second-order valence-electron chi connectivity index (χ2n) is 5.45. The Labute approximate surface area is 124 Å². The van der Waals surface area contributed by atoms with Crippen LogP contribution in [0, 0.1) is 5.92 Å². The zero-order valence-corrected chi connectivity index (χ0v) is 13.3. The summed E-state index contributed by atoms with van der Waals surface area (Å²) in [6.45, 7) is 2.71. The number of nitrogens with one attached hydrogen (secondary N) is 1. The van der Waals surface area contributed by atoms with E-state index < -0.39 is 22.9 Å². The first-order valence-corrected chi connectivity index (χ1v) is 8.55. The van der Waals surface area contributed by atoms with E-state index in [9.17, 15) is 21.6 Å². The summed E-state index contributed by atoms with van der Waals surface area (Å²) in [7, 11) is -3.07. The van der Waals surface area contributed by atoms with Crippen molar-refractivity contribution < 1.29 is 21.6 Å². The summed E-state index contributed by atoms with van der Waals surface area (Å²) in [5.41, 5.74) is 0. The maximum absolute atomic E-state index is 12.4. The molecule has 1 saturated heterocycles. The molecule has 1 rings (SSSR count). The molecule has 0 amide bonds. The molecule has 5 nitrogen and oxygen atoms in total. The molecular weight excluding hydrogens is 307 g/mol. The lowest BCUT2D eigenvalue weighted by Crippen LogP contribution is -2.50. The normalized spacial score (nSPS) is 21.9. The number of alkyl halides is 3. The third-order valence-corrected chi connectivity index (χ3v) is 5.36. The van der Waals surface area contributed by atoms with Gasteiger partial charge < -0.3 is 5.32 Å². The largest absolute Gasteiger partial charge is 0.402 e. The van der Waals surface area contributed by atoms with Crippen LogP contribution in [0.2, 0.25) is 0 Å². The van der Waals surface area contributed by atoms with Crippen LogP contribution in [0.15, 0.2) is 0 Å². The van der Waals surface area contributed by atoms with Crippen LogP contribution in [-0.2, 0) is 10.2 Å². The fraction of sp³-hybridized carbons (Fsp3) is 1.00. The van der Waals surface area contributed by atoms with Gasteiger partial charge in [0.2, 0.25) is 0 Å². The maximum Gasteiger partial charge on any atom is 0.402 e. The minimum absolute atomic E-state index is 0.152. The van der Waals surface area contributed by atoms with Gasteiger partial charge in [0.05, 0.1) is 0 Å². The molecular formula is C12H24F3N3O2S. The van der Waals surface area contributed by atoms with Gasteiger partial charge in [-0.05, 0) is 38.3 Å². The SMILES string of the molecule is CCCNCC1CCCN(S(=O)(=O)N(C)CC(F)(F)F)C1. The Morgan fingerprint density at radius 2 is 2.05 bits per heavy atom. The number of rotatable bonds is 7. The fourth-order valence-corrected chi connectivity index (χ4v) is 3.88. The quantitative estimate of drug-likeness (QED) is 0.718. The van der Waals surface area contributed by atoms with Crippen molar-refractivity contribution in [3.63, 3.8) is 0 Å². The Hall–Kier alpha value is -0.380. The molecule has 0 saturated carbocycles. The topological polar surface area (TPSA) is 52.7 Å². The van der Waals surface area contributed by atoms with E-state index in [-0.39, 0.29) is 19.0 Å². The highest BCUT2D eigenvalue weighted by Gasteiger charge is 2.38. The van der Waals surface area contributed by atoms with Gasteiger partial charge in [0.15, 0.2) is 0 Å². The van der Waals surface area contributed by atoms with Crippen LogP contribution in [0.4, 0.5) is 13.2 Å². The third kappa shape index (κ3) is 6.09. The van der Waals surface area contributed by atoms with Crippen molar-refractivity contribution in [3.8, 4) is 0 Å². The molecule has 9 heteroatoms. The highest BCUT2D eigenvalue weighted by molar-refractivity contribution is 7.86. The second-order valence-corrected chi connectivity index (χ2v) is 7.48. The molecule has 0 aromatic heterocycles. The molecule has 126 valence electrons. The molecule has 1 N–H and O–H groups in total. The van der Waals surface area contributed by atoms with Crippen molar-refractivity contribution in [2.45, 2.75) is 32.4 Å². The van der Waals surface area contributed by atoms with Gasteiger partial charge in [-0.1, -0.05) is 6.92 Å². The maximum atomic E-state index is 12.4. The molecule has 1 heterocycles. The smallest absolute Gasteiger partial charge is 0.316 e. The van der Waals surface area contributed by atoms with Crippen LogP contribution in [0.1, 0.15) is 26.2 Å². The van der Waals surface area contributed by atoms with Crippen LogP contribution in [-0.4, -0.2) is 63.0 Å². The van der Waals surface area contributed by atoms with Crippen LogP contribution >= 0.6 is 0 Å². The minimum atomic E-state index is -4.53. The summed E-state index contributed by atoms with van der Waals surface area (Å²) in [6, 6.07) is 0. The van der Waals surface area contributed by atoms with Crippen LogP contribution in [0.5, 0.6) is 0 Å². The fourth-order valence-electron chi connectivity index (χ4n) is 2.42. The Kier molecular flexibility index (Phi) is 6.89. The average Bonchev–Trinajstić information content (AvgIpc) is 2.37. The summed E-state index contributed by atoms with van der Waals surface area (Å²) in [5, 5.41) is 3.23. The number of hydrogen-bond acceptors (Lipinski definition) is 3. The van der Waals surface area contributed by atoms with E-state index >= 15 is 0 Å². The molecule has 1 atom stereocenters. The summed E-state index contributed by atoms with van der Waals surface area (Å²) in [6.07, 6.45) is -1.97. The van der Waals surface area contributed by atoms with Crippen molar-refractivity contribution in [2.24, 2.45) is 5.92 Å². The number of hydrogen-bond donors (Lipinski definition) is 1. The lowest BCUT2D eigenvalue weighted by atomic mass is 10.00. The van der Waals surface area contributed by atoms with Gasteiger partial charge in [-0.3, -0.25) is 0 Å². The van der Waals surface area contributed by atoms with Gasteiger partial charge in [0.1, 0.15) is 6.54 Å². The lowest BCUT2D eigenvalue weighted by Gasteiger charge is -2.34. The van der Waals surface area contributed by atoms with Crippen LogP contribution in [0.3, 0.4) is 0 Å². The van der Waals surface area contributed by atoms with Crippen molar-refractivity contribution in [3.05, 3.63) is 0 Å². The summed E-state index contributed by atoms with van der Waals surface area (Å²) in [4.78, 5) is 0. The van der Waals surface area contributed by atoms with Gasteiger partial charge in [0, 0.05) is 20.1 Å². The molecule has 1 unspecified atom stereocenters. The van der Waals surface area contributed by atoms with Gasteiger partial charge in [0.25, 0.3) is 10.2 Å². The van der Waals surface area contributed by atoms with E-state index in [0.717, 1.165) is 26.4 Å². The van der Waals surface area contributed by atoms with E-state index in [1.165, 1.54) is 4.31 Å². The first-order valence-electron chi connectivity index (χ1n) is 7.15. The Balaban J connectivity index is 2.61. The first-order chi connectivity index (χ1) is 9.66. The molecule has 21 heavy (non-hydrogen) atoms. The monoisotopic (exact) mass is 331 g/mol. The Morgan fingerprint density at radius 1 is 1.38 bits per heavy atom. The van der Waals surface area contributed by atoms with Gasteiger partial charge >= 0.3 is 6.18 Å². The highest BCUT2D eigenvalue weighted by atomic mass is 32.2. The number of piperidine rings is 1. The van der Waals surface area contributed by atoms with Crippen LogP contribution < -0.4 is 5.32 Å². The highest BCUT2D eigenvalue weighted by Crippen LogP contribution is 2.23. The van der Waals surface area contributed by atoms with Crippen molar-refractivity contribution in [1.29, 1.82) is 0 Å². The summed E-state index contributed by atoms with van der Waals surface area (Å²) < 4.78 is 62.9. The average molecular weight is 331 g/mol. The third-order valence-electron chi connectivity index (χ3n) is 3.46. The molecule has 1 aliphatic heterocycles. The van der Waals surface area contributed by atoms with Gasteiger partial charge in [-0.25, -0.2) is 0 Å². The molecule has 0 spiro atoms. The number of nitrogens with zero attached hydrogens (tertiary/aromatic N) is 2. The Morgan fingerprint density at radius 3 is 2.62 bits per heavy atom. The Bertz CT molecular complexity index is 414. The van der Waals surface area contributed by atoms with Gasteiger partial charge in [-0.15, -0.1) is 0 Å². The molecule has 0 radical (unpaired) electrons. The predicted octanol–water partition coefficient (Wildman–Crippen LogP) is 1.44. The molecule has 1 aliphatic rings. The molecule has 0 bridgehead atoms. The van der Waals surface area contributed by atoms with Crippen molar-refractivity contribution >= 4 is 10.2 Å². The summed E-state index contributed by atoms with van der Waals surface area (Å²) in [5.74, 6) is 0.152. The number of halogens is 3. The standard InChI is InChI=1S/C12H24F3N3O2S/c1-3-6-16-8-11-5-4-7-18(9-11)21(19,20)17(2)10-12(13,14)15/h11,16H,3-10H2,1-2H3. The molecule has 0 aromatic carbocycles. The minimum Gasteiger partial charge on any atom is -0.316 e. The lowest BCUT2D eigenvalue weighted by molar-refractivity contribution is -0.134. The second kappa shape index (κ2) is 7.75. The zero-order chi connectivity index (χ0) is 16.1. The molecule has 0 aromatic rings. The van der Waals surface area contributed by atoms with E-state index in [4.69, 9.17) is 0 Å². The molecule has 1 fully saturated rings. The first kappa shape index (κ1) is 18.7. The molecule has 0 aliphatic carbocycles. The van der Waals surface area contributed by atoms with E-state index in [0.29, 0.717) is 17.3 Å². The summed E-state index contributed by atoms with van der Waals surface area (Å²) >= 11 is 0. The predicted molar refractivity (Wildman–Crippen MR) is 75.1 cm³/mol. The van der Waals surface area contributed by atoms with E-state index in [1.807, 2.05) is 6.92 Å². The van der Waals surface area contributed by atoms with Crippen molar-refractivity contribution in [1.82, 2.24) is 13.9 Å². The van der Waals surface area contributed by atoms with E-state index in [1.54, 1.807) is 0 Å². The van der Waals surface area contributed by atoms with Crippen LogP contribution in [0.25, 0.3) is 0 Å². The van der Waals surface area contributed by atoms with Gasteiger partial charge in [-0.2, -0.15) is 30.2 Å². The van der Waals surface area contributed by atoms with E-state index in [2.05, 4.69) is 5.32 Å². The van der Waals surface area contributed by atoms with Crippen molar-refractivity contribution in [2.75, 3.05) is 39.8 Å². The zero-order valence-electron chi connectivity index (χ0n) is 12.5.